The number of hydrogen-bond donors (Lipinski definition) is 2. The van der Waals surface area contributed by atoms with Crippen LogP contribution in [0, 0.1) is 5.41 Å². The predicted octanol–water partition coefficient (Wildman–Crippen LogP) is 0.253. The molecule has 13 heavy (non-hydrogen) atoms. The van der Waals surface area contributed by atoms with Crippen molar-refractivity contribution in [2.45, 2.75) is 18.4 Å². The quantitative estimate of drug-likeness (QED) is 0.677. The molecule has 2 rings (SSSR count). The number of thioether (sulfide) groups is 1. The first kappa shape index (κ1) is 9.77. The van der Waals surface area contributed by atoms with Crippen molar-refractivity contribution in [3.05, 3.63) is 0 Å². The fourth-order valence-corrected chi connectivity index (χ4v) is 3.41. The number of ether oxygens (including phenoxy) is 1. The Morgan fingerprint density at radius 3 is 2.23 bits per heavy atom. The monoisotopic (exact) mass is 204 g/mol. The zero-order valence-electron chi connectivity index (χ0n) is 7.66. The maximum Gasteiger partial charge on any atom is 0.119 e. The molecule has 3 nitrogen and oxygen atoms in total. The number of rotatable bonds is 2. The third-order valence-electron chi connectivity index (χ3n) is 3.42. The summed E-state index contributed by atoms with van der Waals surface area (Å²) < 4.78 is 5.05. The summed E-state index contributed by atoms with van der Waals surface area (Å²) in [4.78, 5) is 0. The lowest BCUT2D eigenvalue weighted by atomic mass is 9.67. The van der Waals surface area contributed by atoms with E-state index in [0.29, 0.717) is 13.2 Å². The van der Waals surface area contributed by atoms with E-state index >= 15 is 0 Å². The smallest absolute Gasteiger partial charge is 0.119 e. The van der Waals surface area contributed by atoms with Crippen molar-refractivity contribution in [3.63, 3.8) is 0 Å². The normalized spacial score (nSPS) is 30.9. The second kappa shape index (κ2) is 3.42. The molecule has 2 aliphatic rings. The molecule has 2 N–H and O–H groups in total. The number of hydrogen-bond acceptors (Lipinski definition) is 4. The first-order chi connectivity index (χ1) is 6.22. The van der Waals surface area contributed by atoms with Crippen molar-refractivity contribution >= 4 is 11.8 Å². The molecule has 0 aromatic heterocycles. The molecule has 0 aromatic carbocycles. The van der Waals surface area contributed by atoms with E-state index in [0.717, 1.165) is 24.3 Å². The van der Waals surface area contributed by atoms with Crippen LogP contribution in [0.1, 0.15) is 12.8 Å². The largest absolute Gasteiger partial charge is 0.396 e. The van der Waals surface area contributed by atoms with Gasteiger partial charge in [0, 0.05) is 5.41 Å². The van der Waals surface area contributed by atoms with Gasteiger partial charge in [0.15, 0.2) is 0 Å². The lowest BCUT2D eigenvalue weighted by Crippen LogP contribution is -2.64. The average molecular weight is 204 g/mol. The van der Waals surface area contributed by atoms with Crippen LogP contribution in [-0.2, 0) is 4.74 Å². The van der Waals surface area contributed by atoms with E-state index in [2.05, 4.69) is 0 Å². The molecular weight excluding hydrogens is 188 g/mol. The van der Waals surface area contributed by atoms with Crippen molar-refractivity contribution in [3.8, 4) is 0 Å². The van der Waals surface area contributed by atoms with Gasteiger partial charge in [0.25, 0.3) is 0 Å². The highest BCUT2D eigenvalue weighted by Gasteiger charge is 2.55. The average Bonchev–Trinajstić information content (AvgIpc) is 2.15. The van der Waals surface area contributed by atoms with Crippen LogP contribution in [0.5, 0.6) is 0 Å². The van der Waals surface area contributed by atoms with Gasteiger partial charge in [-0.05, 0) is 24.3 Å². The van der Waals surface area contributed by atoms with Crippen LogP contribution in [-0.4, -0.2) is 47.1 Å². The van der Waals surface area contributed by atoms with Crippen LogP contribution in [0.25, 0.3) is 0 Å². The highest BCUT2D eigenvalue weighted by molar-refractivity contribution is 7.99. The van der Waals surface area contributed by atoms with Gasteiger partial charge < -0.3 is 14.9 Å². The Morgan fingerprint density at radius 2 is 1.85 bits per heavy atom. The van der Waals surface area contributed by atoms with E-state index in [9.17, 15) is 10.2 Å². The Labute approximate surface area is 82.5 Å². The molecule has 0 bridgehead atoms. The van der Waals surface area contributed by atoms with Crippen molar-refractivity contribution < 1.29 is 14.9 Å². The molecule has 4 heteroatoms. The molecule has 0 aromatic rings. The first-order valence-electron chi connectivity index (χ1n) is 4.71. The van der Waals surface area contributed by atoms with Gasteiger partial charge in [0.1, 0.15) is 5.60 Å². The molecule has 0 saturated carbocycles. The molecule has 0 amide bonds. The molecule has 0 radical (unpaired) electrons. The maximum atomic E-state index is 10.2. The predicted molar refractivity (Wildman–Crippen MR) is 51.8 cm³/mol. The minimum absolute atomic E-state index is 0.0907. The fourth-order valence-electron chi connectivity index (χ4n) is 2.13. The topological polar surface area (TPSA) is 49.7 Å². The molecule has 0 atom stereocenters. The lowest BCUT2D eigenvalue weighted by molar-refractivity contribution is -0.251. The minimum atomic E-state index is -0.747. The zero-order chi connectivity index (χ0) is 9.36. The summed E-state index contributed by atoms with van der Waals surface area (Å²) in [7, 11) is 0. The molecular formula is C9H16O3S. The second-order valence-corrected chi connectivity index (χ2v) is 5.30. The standard InChI is InChI=1S/C9H16O3S/c10-5-8(1-3-13-4-2-8)9(11)6-12-7-9/h10-11H,1-7H2. The van der Waals surface area contributed by atoms with E-state index in [-0.39, 0.29) is 12.0 Å². The summed E-state index contributed by atoms with van der Waals surface area (Å²) in [6.07, 6.45) is 1.82. The van der Waals surface area contributed by atoms with Crippen molar-refractivity contribution in [2.24, 2.45) is 5.41 Å². The second-order valence-electron chi connectivity index (χ2n) is 4.08. The van der Waals surface area contributed by atoms with Crippen LogP contribution < -0.4 is 0 Å². The number of aliphatic hydroxyl groups is 2. The van der Waals surface area contributed by atoms with Crippen molar-refractivity contribution in [1.82, 2.24) is 0 Å². The summed E-state index contributed by atoms with van der Waals surface area (Å²) in [6, 6.07) is 0. The van der Waals surface area contributed by atoms with Crippen molar-refractivity contribution in [2.75, 3.05) is 31.3 Å². The number of aliphatic hydroxyl groups excluding tert-OH is 1. The van der Waals surface area contributed by atoms with E-state index in [4.69, 9.17) is 4.74 Å². The van der Waals surface area contributed by atoms with Gasteiger partial charge in [-0.1, -0.05) is 0 Å². The van der Waals surface area contributed by atoms with Gasteiger partial charge in [-0.25, -0.2) is 0 Å². The van der Waals surface area contributed by atoms with Gasteiger partial charge in [-0.2, -0.15) is 11.8 Å². The first-order valence-corrected chi connectivity index (χ1v) is 5.87. The third kappa shape index (κ3) is 1.40. The van der Waals surface area contributed by atoms with Crippen LogP contribution >= 0.6 is 11.8 Å². The zero-order valence-corrected chi connectivity index (χ0v) is 8.48. The van der Waals surface area contributed by atoms with E-state index < -0.39 is 5.60 Å². The summed E-state index contributed by atoms with van der Waals surface area (Å²) in [6.45, 7) is 0.893. The Bertz CT molecular complexity index is 185. The summed E-state index contributed by atoms with van der Waals surface area (Å²) in [5.74, 6) is 2.09. The highest BCUT2D eigenvalue weighted by atomic mass is 32.2. The van der Waals surface area contributed by atoms with Crippen LogP contribution in [0.3, 0.4) is 0 Å². The lowest BCUT2D eigenvalue weighted by Gasteiger charge is -2.52. The van der Waals surface area contributed by atoms with Gasteiger partial charge in [0.2, 0.25) is 0 Å². The van der Waals surface area contributed by atoms with E-state index in [1.54, 1.807) is 0 Å². The van der Waals surface area contributed by atoms with Gasteiger partial charge >= 0.3 is 0 Å². The Morgan fingerprint density at radius 1 is 1.23 bits per heavy atom. The summed E-state index contributed by atoms with van der Waals surface area (Å²) in [5, 5.41) is 19.6. The third-order valence-corrected chi connectivity index (χ3v) is 4.41. The summed E-state index contributed by atoms with van der Waals surface area (Å²) >= 11 is 1.90. The summed E-state index contributed by atoms with van der Waals surface area (Å²) in [5.41, 5.74) is -1.03. The molecule has 0 spiro atoms. The Kier molecular flexibility index (Phi) is 2.57. The molecule has 76 valence electrons. The Hall–Kier alpha value is 0.230. The molecule has 2 aliphatic heterocycles. The molecule has 0 unspecified atom stereocenters. The van der Waals surface area contributed by atoms with Crippen LogP contribution in [0.4, 0.5) is 0 Å². The molecule has 2 heterocycles. The van der Waals surface area contributed by atoms with E-state index in [1.807, 2.05) is 11.8 Å². The minimum Gasteiger partial charge on any atom is -0.396 e. The van der Waals surface area contributed by atoms with Gasteiger partial charge in [-0.3, -0.25) is 0 Å². The molecule has 0 aliphatic carbocycles. The SMILES string of the molecule is OCC1(C2(O)COC2)CCSCC1. The fraction of sp³-hybridized carbons (Fsp3) is 1.00. The highest BCUT2D eigenvalue weighted by Crippen LogP contribution is 2.46. The van der Waals surface area contributed by atoms with Crippen LogP contribution in [0.15, 0.2) is 0 Å². The molecule has 2 fully saturated rings. The van der Waals surface area contributed by atoms with E-state index in [1.165, 1.54) is 0 Å². The molecule has 2 saturated heterocycles. The maximum absolute atomic E-state index is 10.2. The van der Waals surface area contributed by atoms with Crippen molar-refractivity contribution in [1.29, 1.82) is 0 Å². The van der Waals surface area contributed by atoms with Gasteiger partial charge in [0.05, 0.1) is 19.8 Å². The van der Waals surface area contributed by atoms with Crippen LogP contribution in [0.2, 0.25) is 0 Å². The van der Waals surface area contributed by atoms with Gasteiger partial charge in [-0.15, -0.1) is 0 Å². The Balaban J connectivity index is 2.12.